The molecule has 0 unspecified atom stereocenters. The fourth-order valence-electron chi connectivity index (χ4n) is 7.50. The van der Waals surface area contributed by atoms with Crippen molar-refractivity contribution in [3.05, 3.63) is 237 Å². The number of hydrogen-bond acceptors (Lipinski definition) is 1. The SMILES string of the molecule is c1ccc(-c2ccc(N(c3ccc(-c4ccccc4)cc3)c3ccc(-c4ccc(-c5ccccc5)cc4-c4ccccc4)cc3-c3ccccc3)cc2)cc1. The van der Waals surface area contributed by atoms with E-state index in [1.807, 2.05) is 0 Å². The molecule has 1 heteroatoms. The highest BCUT2D eigenvalue weighted by molar-refractivity contribution is 5.94. The molecule has 0 heterocycles. The predicted octanol–water partition coefficient (Wildman–Crippen LogP) is 15.2. The maximum Gasteiger partial charge on any atom is 0.0540 e. The number of rotatable bonds is 9. The molecule has 0 aliphatic rings. The highest BCUT2D eigenvalue weighted by Gasteiger charge is 2.20. The molecule has 0 N–H and O–H groups in total. The van der Waals surface area contributed by atoms with Gasteiger partial charge in [-0.15, -0.1) is 0 Å². The van der Waals surface area contributed by atoms with Gasteiger partial charge in [0.15, 0.2) is 0 Å². The van der Waals surface area contributed by atoms with E-state index in [2.05, 4.69) is 241 Å². The number of hydrogen-bond donors (Lipinski definition) is 0. The quantitative estimate of drug-likeness (QED) is 0.145. The number of nitrogens with zero attached hydrogens (tertiary/aromatic N) is 1. The van der Waals surface area contributed by atoms with E-state index in [0.29, 0.717) is 0 Å². The standard InChI is InChI=1S/C54H39N/c1-6-16-40(17-7-1)43-26-32-49(33-27-43)55(50-34-28-44(29-35-50)41-18-8-2-9-19-41)54-37-31-48(39-53(54)46-24-14-5-15-25-46)51-36-30-47(42-20-10-3-11-21-42)38-52(51)45-22-12-4-13-23-45/h1-39H. The summed E-state index contributed by atoms with van der Waals surface area (Å²) < 4.78 is 0. The monoisotopic (exact) mass is 701 g/mol. The van der Waals surface area contributed by atoms with E-state index in [1.165, 1.54) is 55.6 Å². The third-order valence-corrected chi connectivity index (χ3v) is 10.3. The van der Waals surface area contributed by atoms with Gasteiger partial charge in [0.05, 0.1) is 5.69 Å². The van der Waals surface area contributed by atoms with Crippen molar-refractivity contribution < 1.29 is 0 Å². The Morgan fingerprint density at radius 2 is 0.527 bits per heavy atom. The van der Waals surface area contributed by atoms with Crippen molar-refractivity contribution >= 4 is 17.1 Å². The van der Waals surface area contributed by atoms with Gasteiger partial charge in [-0.05, 0) is 104 Å². The van der Waals surface area contributed by atoms with Crippen LogP contribution in [0.1, 0.15) is 0 Å². The van der Waals surface area contributed by atoms with Crippen molar-refractivity contribution in [1.82, 2.24) is 0 Å². The summed E-state index contributed by atoms with van der Waals surface area (Å²) in [7, 11) is 0. The van der Waals surface area contributed by atoms with Gasteiger partial charge >= 0.3 is 0 Å². The van der Waals surface area contributed by atoms with Crippen LogP contribution in [-0.4, -0.2) is 0 Å². The normalized spacial score (nSPS) is 10.9. The summed E-state index contributed by atoms with van der Waals surface area (Å²) in [5, 5.41) is 0. The van der Waals surface area contributed by atoms with Gasteiger partial charge in [-0.1, -0.05) is 194 Å². The minimum Gasteiger partial charge on any atom is -0.310 e. The van der Waals surface area contributed by atoms with Gasteiger partial charge in [0, 0.05) is 16.9 Å². The summed E-state index contributed by atoms with van der Waals surface area (Å²) in [5.41, 5.74) is 17.6. The van der Waals surface area contributed by atoms with E-state index in [-0.39, 0.29) is 0 Å². The van der Waals surface area contributed by atoms with Crippen molar-refractivity contribution in [1.29, 1.82) is 0 Å². The lowest BCUT2D eigenvalue weighted by molar-refractivity contribution is 1.28. The van der Waals surface area contributed by atoms with Crippen molar-refractivity contribution in [3.8, 4) is 66.8 Å². The maximum absolute atomic E-state index is 2.40. The molecule has 0 amide bonds. The molecule has 1 nitrogen and oxygen atoms in total. The van der Waals surface area contributed by atoms with E-state index < -0.39 is 0 Å². The molecule has 0 saturated carbocycles. The molecular weight excluding hydrogens is 663 g/mol. The second-order valence-corrected chi connectivity index (χ2v) is 13.8. The lowest BCUT2D eigenvalue weighted by atomic mass is 9.89. The molecule has 9 aromatic rings. The summed E-state index contributed by atoms with van der Waals surface area (Å²) in [6, 6.07) is 85.0. The van der Waals surface area contributed by atoms with Crippen molar-refractivity contribution in [2.24, 2.45) is 0 Å². The first-order chi connectivity index (χ1) is 27.3. The van der Waals surface area contributed by atoms with Crippen LogP contribution in [0, 0.1) is 0 Å². The highest BCUT2D eigenvalue weighted by atomic mass is 15.1. The average Bonchev–Trinajstić information content (AvgIpc) is 3.28. The second-order valence-electron chi connectivity index (χ2n) is 13.8. The molecule has 0 aromatic heterocycles. The second kappa shape index (κ2) is 15.4. The Morgan fingerprint density at radius 3 is 0.982 bits per heavy atom. The molecule has 0 spiro atoms. The fraction of sp³-hybridized carbons (Fsp3) is 0. The van der Waals surface area contributed by atoms with E-state index >= 15 is 0 Å². The summed E-state index contributed by atoms with van der Waals surface area (Å²) in [5.74, 6) is 0. The molecule has 0 atom stereocenters. The van der Waals surface area contributed by atoms with Gasteiger partial charge in [-0.2, -0.15) is 0 Å². The van der Waals surface area contributed by atoms with Crippen molar-refractivity contribution in [2.45, 2.75) is 0 Å². The average molecular weight is 702 g/mol. The van der Waals surface area contributed by atoms with Crippen molar-refractivity contribution in [3.63, 3.8) is 0 Å². The zero-order chi connectivity index (χ0) is 36.8. The molecule has 0 saturated heterocycles. The third-order valence-electron chi connectivity index (χ3n) is 10.3. The lowest BCUT2D eigenvalue weighted by Gasteiger charge is -2.29. The zero-order valence-electron chi connectivity index (χ0n) is 30.5. The lowest BCUT2D eigenvalue weighted by Crippen LogP contribution is -2.11. The molecule has 260 valence electrons. The van der Waals surface area contributed by atoms with Crippen LogP contribution in [0.5, 0.6) is 0 Å². The Kier molecular flexibility index (Phi) is 9.41. The van der Waals surface area contributed by atoms with Crippen LogP contribution < -0.4 is 4.90 Å². The molecule has 0 bridgehead atoms. The van der Waals surface area contributed by atoms with Gasteiger partial charge in [0.2, 0.25) is 0 Å². The topological polar surface area (TPSA) is 3.24 Å². The first-order valence-corrected chi connectivity index (χ1v) is 18.8. The summed E-state index contributed by atoms with van der Waals surface area (Å²) >= 11 is 0. The molecule has 55 heavy (non-hydrogen) atoms. The van der Waals surface area contributed by atoms with Crippen LogP contribution in [0.3, 0.4) is 0 Å². The maximum atomic E-state index is 2.40. The van der Waals surface area contributed by atoms with E-state index in [9.17, 15) is 0 Å². The third kappa shape index (κ3) is 7.12. The number of benzene rings is 9. The van der Waals surface area contributed by atoms with Gasteiger partial charge in [-0.3, -0.25) is 0 Å². The van der Waals surface area contributed by atoms with Crippen LogP contribution in [0.15, 0.2) is 237 Å². The summed E-state index contributed by atoms with van der Waals surface area (Å²) in [6.45, 7) is 0. The molecule has 0 aliphatic carbocycles. The summed E-state index contributed by atoms with van der Waals surface area (Å²) in [6.07, 6.45) is 0. The molecule has 9 aromatic carbocycles. The Bertz CT molecular complexity index is 2550. The smallest absolute Gasteiger partial charge is 0.0540 e. The van der Waals surface area contributed by atoms with Crippen LogP contribution in [0.25, 0.3) is 66.8 Å². The first-order valence-electron chi connectivity index (χ1n) is 18.8. The zero-order valence-corrected chi connectivity index (χ0v) is 30.5. The van der Waals surface area contributed by atoms with E-state index in [0.717, 1.165) is 28.2 Å². The molecule has 0 radical (unpaired) electrons. The van der Waals surface area contributed by atoms with Crippen LogP contribution in [0.4, 0.5) is 17.1 Å². The van der Waals surface area contributed by atoms with Gasteiger partial charge in [-0.25, -0.2) is 0 Å². The predicted molar refractivity (Wildman–Crippen MR) is 234 cm³/mol. The number of anilines is 3. The van der Waals surface area contributed by atoms with E-state index in [4.69, 9.17) is 0 Å². The Hall–Kier alpha value is -7.22. The molecule has 0 aliphatic heterocycles. The summed E-state index contributed by atoms with van der Waals surface area (Å²) in [4.78, 5) is 2.40. The van der Waals surface area contributed by atoms with E-state index in [1.54, 1.807) is 0 Å². The Labute approximate surface area is 324 Å². The minimum atomic E-state index is 1.09. The Balaban J connectivity index is 1.22. The molecule has 0 fully saturated rings. The van der Waals surface area contributed by atoms with Gasteiger partial charge in [0.1, 0.15) is 0 Å². The fourth-order valence-corrected chi connectivity index (χ4v) is 7.50. The highest BCUT2D eigenvalue weighted by Crippen LogP contribution is 2.45. The van der Waals surface area contributed by atoms with Crippen LogP contribution in [0.2, 0.25) is 0 Å². The van der Waals surface area contributed by atoms with Gasteiger partial charge in [0.25, 0.3) is 0 Å². The molecule has 9 rings (SSSR count). The first kappa shape index (κ1) is 33.6. The van der Waals surface area contributed by atoms with Crippen LogP contribution >= 0.6 is 0 Å². The van der Waals surface area contributed by atoms with Crippen molar-refractivity contribution in [2.75, 3.05) is 4.90 Å². The largest absolute Gasteiger partial charge is 0.310 e. The van der Waals surface area contributed by atoms with Gasteiger partial charge < -0.3 is 4.90 Å². The molecular formula is C54H39N. The van der Waals surface area contributed by atoms with Crippen LogP contribution in [-0.2, 0) is 0 Å². The minimum absolute atomic E-state index is 1.09. The Morgan fingerprint density at radius 1 is 0.200 bits per heavy atom.